The second-order valence-electron chi connectivity index (χ2n) is 4.65. The molecule has 0 saturated heterocycles. The third-order valence-electron chi connectivity index (χ3n) is 2.97. The van der Waals surface area contributed by atoms with Gasteiger partial charge in [0.15, 0.2) is 0 Å². The standard InChI is InChI=1S/C17H12ClN3OS/c18-14-9-7-13(8-10-14)16-20-21-17(23-16)19-15(22)11-6-12-4-2-1-3-5-12/h1-11H,(H,19,21,22). The Balaban J connectivity index is 1.66. The summed E-state index contributed by atoms with van der Waals surface area (Å²) >= 11 is 7.17. The van der Waals surface area contributed by atoms with Gasteiger partial charge in [0.2, 0.25) is 11.0 Å². The summed E-state index contributed by atoms with van der Waals surface area (Å²) in [5.74, 6) is -0.243. The summed E-state index contributed by atoms with van der Waals surface area (Å²) in [4.78, 5) is 11.9. The molecule has 1 N–H and O–H groups in total. The highest BCUT2D eigenvalue weighted by molar-refractivity contribution is 7.18. The van der Waals surface area contributed by atoms with Gasteiger partial charge in [0.25, 0.3) is 0 Å². The number of rotatable bonds is 4. The van der Waals surface area contributed by atoms with Crippen LogP contribution < -0.4 is 5.32 Å². The molecular weight excluding hydrogens is 330 g/mol. The fourth-order valence-electron chi connectivity index (χ4n) is 1.87. The minimum Gasteiger partial charge on any atom is -0.297 e. The van der Waals surface area contributed by atoms with Gasteiger partial charge in [-0.25, -0.2) is 0 Å². The molecular formula is C17H12ClN3OS. The van der Waals surface area contributed by atoms with Crippen LogP contribution in [0.4, 0.5) is 5.13 Å². The van der Waals surface area contributed by atoms with Crippen molar-refractivity contribution < 1.29 is 4.79 Å². The van der Waals surface area contributed by atoms with Crippen LogP contribution >= 0.6 is 22.9 Å². The van der Waals surface area contributed by atoms with E-state index in [9.17, 15) is 4.79 Å². The molecule has 0 saturated carbocycles. The smallest absolute Gasteiger partial charge is 0.250 e. The van der Waals surface area contributed by atoms with Gasteiger partial charge in [-0.05, 0) is 23.8 Å². The molecule has 0 aliphatic heterocycles. The van der Waals surface area contributed by atoms with Crippen LogP contribution in [0.15, 0.2) is 60.7 Å². The zero-order valence-corrected chi connectivity index (χ0v) is 13.5. The molecule has 6 heteroatoms. The molecule has 0 aliphatic rings. The number of benzene rings is 2. The molecule has 1 aromatic heterocycles. The van der Waals surface area contributed by atoms with E-state index in [0.29, 0.717) is 10.2 Å². The minimum absolute atomic E-state index is 0.243. The number of carbonyl (C=O) groups excluding carboxylic acids is 1. The molecule has 0 fully saturated rings. The summed E-state index contributed by atoms with van der Waals surface area (Å²) in [5, 5.41) is 12.6. The minimum atomic E-state index is -0.243. The van der Waals surface area contributed by atoms with Crippen molar-refractivity contribution in [3.8, 4) is 10.6 Å². The molecule has 4 nitrogen and oxygen atoms in total. The Morgan fingerprint density at radius 2 is 1.78 bits per heavy atom. The molecule has 114 valence electrons. The highest BCUT2D eigenvalue weighted by atomic mass is 35.5. The lowest BCUT2D eigenvalue weighted by Gasteiger charge is -1.96. The zero-order chi connectivity index (χ0) is 16.1. The van der Waals surface area contributed by atoms with Crippen molar-refractivity contribution in [2.24, 2.45) is 0 Å². The van der Waals surface area contributed by atoms with Gasteiger partial charge in [-0.2, -0.15) is 0 Å². The Morgan fingerprint density at radius 1 is 1.04 bits per heavy atom. The monoisotopic (exact) mass is 341 g/mol. The number of hydrogen-bond donors (Lipinski definition) is 1. The van der Waals surface area contributed by atoms with E-state index in [1.807, 2.05) is 42.5 Å². The van der Waals surface area contributed by atoms with Crippen molar-refractivity contribution >= 4 is 40.1 Å². The molecule has 0 atom stereocenters. The predicted molar refractivity (Wildman–Crippen MR) is 94.5 cm³/mol. The number of amides is 1. The van der Waals surface area contributed by atoms with Crippen molar-refractivity contribution in [3.05, 3.63) is 71.3 Å². The summed E-state index contributed by atoms with van der Waals surface area (Å²) in [6.45, 7) is 0. The van der Waals surface area contributed by atoms with Crippen molar-refractivity contribution in [2.75, 3.05) is 5.32 Å². The largest absolute Gasteiger partial charge is 0.297 e. The molecule has 1 heterocycles. The number of nitrogens with one attached hydrogen (secondary N) is 1. The van der Waals surface area contributed by atoms with E-state index in [1.54, 1.807) is 18.2 Å². The van der Waals surface area contributed by atoms with E-state index < -0.39 is 0 Å². The fraction of sp³-hybridized carbons (Fsp3) is 0. The summed E-state index contributed by atoms with van der Waals surface area (Å²) in [5.41, 5.74) is 1.87. The lowest BCUT2D eigenvalue weighted by Crippen LogP contribution is -2.07. The van der Waals surface area contributed by atoms with Crippen LogP contribution in [0.5, 0.6) is 0 Å². The van der Waals surface area contributed by atoms with Gasteiger partial charge in [0.05, 0.1) is 0 Å². The molecule has 3 rings (SSSR count). The summed E-state index contributed by atoms with van der Waals surface area (Å²) in [6, 6.07) is 16.9. The first kappa shape index (κ1) is 15.4. The molecule has 0 radical (unpaired) electrons. The third kappa shape index (κ3) is 4.25. The van der Waals surface area contributed by atoms with Gasteiger partial charge in [0.1, 0.15) is 5.01 Å². The van der Waals surface area contributed by atoms with Crippen LogP contribution in [0.2, 0.25) is 5.02 Å². The highest BCUT2D eigenvalue weighted by Gasteiger charge is 2.08. The Labute approximate surface area is 142 Å². The Hall–Kier alpha value is -2.50. The molecule has 23 heavy (non-hydrogen) atoms. The van der Waals surface area contributed by atoms with Gasteiger partial charge in [-0.1, -0.05) is 65.4 Å². The van der Waals surface area contributed by atoms with E-state index >= 15 is 0 Å². The van der Waals surface area contributed by atoms with Gasteiger partial charge in [-0.15, -0.1) is 10.2 Å². The third-order valence-corrected chi connectivity index (χ3v) is 4.11. The normalized spacial score (nSPS) is 10.8. The van der Waals surface area contributed by atoms with Crippen LogP contribution in [-0.2, 0) is 4.79 Å². The van der Waals surface area contributed by atoms with E-state index in [-0.39, 0.29) is 5.91 Å². The van der Waals surface area contributed by atoms with Crippen LogP contribution in [0.1, 0.15) is 5.56 Å². The molecule has 0 aliphatic carbocycles. The highest BCUT2D eigenvalue weighted by Crippen LogP contribution is 2.27. The lowest BCUT2D eigenvalue weighted by molar-refractivity contribution is -0.111. The molecule has 0 bridgehead atoms. The number of halogens is 1. The first-order valence-electron chi connectivity index (χ1n) is 6.84. The number of nitrogens with zero attached hydrogens (tertiary/aromatic N) is 2. The van der Waals surface area contributed by atoms with Crippen LogP contribution in [0.3, 0.4) is 0 Å². The molecule has 1 amide bonds. The number of hydrogen-bond acceptors (Lipinski definition) is 4. The van der Waals surface area contributed by atoms with Crippen molar-refractivity contribution in [1.82, 2.24) is 10.2 Å². The van der Waals surface area contributed by atoms with Gasteiger partial charge in [0, 0.05) is 16.7 Å². The average Bonchev–Trinajstić information content (AvgIpc) is 3.03. The molecule has 0 spiro atoms. The van der Waals surface area contributed by atoms with Crippen LogP contribution in [0.25, 0.3) is 16.6 Å². The molecule has 0 unspecified atom stereocenters. The topological polar surface area (TPSA) is 54.9 Å². The maximum atomic E-state index is 11.9. The Kier molecular flexibility index (Phi) is 4.80. The van der Waals surface area contributed by atoms with Crippen molar-refractivity contribution in [3.63, 3.8) is 0 Å². The quantitative estimate of drug-likeness (QED) is 0.710. The van der Waals surface area contributed by atoms with Crippen molar-refractivity contribution in [1.29, 1.82) is 0 Å². The van der Waals surface area contributed by atoms with E-state index in [4.69, 9.17) is 11.6 Å². The van der Waals surface area contributed by atoms with Gasteiger partial charge >= 0.3 is 0 Å². The number of carbonyl (C=O) groups is 1. The lowest BCUT2D eigenvalue weighted by atomic mass is 10.2. The second-order valence-corrected chi connectivity index (χ2v) is 6.07. The van der Waals surface area contributed by atoms with Crippen LogP contribution in [0, 0.1) is 0 Å². The van der Waals surface area contributed by atoms with Crippen molar-refractivity contribution in [2.45, 2.75) is 0 Å². The Morgan fingerprint density at radius 3 is 2.52 bits per heavy atom. The molecule has 2 aromatic carbocycles. The second kappa shape index (κ2) is 7.17. The number of aromatic nitrogens is 2. The maximum Gasteiger partial charge on any atom is 0.250 e. The van der Waals surface area contributed by atoms with E-state index in [0.717, 1.165) is 16.1 Å². The Bertz CT molecular complexity index is 829. The maximum absolute atomic E-state index is 11.9. The first-order valence-corrected chi connectivity index (χ1v) is 8.04. The van der Waals surface area contributed by atoms with Gasteiger partial charge in [-0.3, -0.25) is 10.1 Å². The van der Waals surface area contributed by atoms with Gasteiger partial charge < -0.3 is 0 Å². The first-order chi connectivity index (χ1) is 11.2. The zero-order valence-electron chi connectivity index (χ0n) is 11.9. The van der Waals surface area contributed by atoms with E-state index in [2.05, 4.69) is 15.5 Å². The predicted octanol–water partition coefficient (Wildman–Crippen LogP) is 4.51. The average molecular weight is 342 g/mol. The summed E-state index contributed by atoms with van der Waals surface area (Å²) in [7, 11) is 0. The summed E-state index contributed by atoms with van der Waals surface area (Å²) in [6.07, 6.45) is 3.22. The number of anilines is 1. The molecule has 3 aromatic rings. The fourth-order valence-corrected chi connectivity index (χ4v) is 2.74. The SMILES string of the molecule is O=C(C=Cc1ccccc1)Nc1nnc(-c2ccc(Cl)cc2)s1. The summed E-state index contributed by atoms with van der Waals surface area (Å²) < 4.78 is 0. The van der Waals surface area contributed by atoms with Crippen LogP contribution in [-0.4, -0.2) is 16.1 Å². The van der Waals surface area contributed by atoms with E-state index in [1.165, 1.54) is 17.4 Å².